The Morgan fingerprint density at radius 3 is 2.74 bits per heavy atom. The molecular weight excluding hydrogens is 380 g/mol. The number of halogens is 1. The first kappa shape index (κ1) is 18.4. The van der Waals surface area contributed by atoms with Gasteiger partial charge in [-0.25, -0.2) is 4.98 Å². The molecule has 6 heteroatoms. The smallest absolute Gasteiger partial charge is 0.231 e. The molecule has 27 heavy (non-hydrogen) atoms. The fourth-order valence-corrected chi connectivity index (χ4v) is 3.86. The Bertz CT molecular complexity index is 980. The van der Waals surface area contributed by atoms with Crippen molar-refractivity contribution in [3.8, 4) is 11.5 Å². The summed E-state index contributed by atoms with van der Waals surface area (Å²) in [6.07, 6.45) is 2.06. The number of fused-ring (bicyclic) bond motifs is 2. The van der Waals surface area contributed by atoms with Crippen LogP contribution < -0.4 is 9.47 Å². The minimum Gasteiger partial charge on any atom is -0.454 e. The Labute approximate surface area is 168 Å². The predicted octanol–water partition coefficient (Wildman–Crippen LogP) is 5.36. The van der Waals surface area contributed by atoms with Gasteiger partial charge >= 0.3 is 0 Å². The molecule has 2 aromatic carbocycles. The molecule has 0 fully saturated rings. The highest BCUT2D eigenvalue weighted by Gasteiger charge is 2.15. The van der Waals surface area contributed by atoms with Gasteiger partial charge in [-0.05, 0) is 48.7 Å². The maximum absolute atomic E-state index is 6.50. The number of nitrogens with zero attached hydrogens (tertiary/aromatic N) is 2. The average molecular weight is 401 g/mol. The van der Waals surface area contributed by atoms with Crippen molar-refractivity contribution < 1.29 is 9.47 Å². The first-order chi connectivity index (χ1) is 13.2. The lowest BCUT2D eigenvalue weighted by Crippen LogP contribution is -2.22. The maximum Gasteiger partial charge on any atom is 0.231 e. The van der Waals surface area contributed by atoms with Crippen molar-refractivity contribution in [1.82, 2.24) is 9.88 Å². The molecule has 0 saturated heterocycles. The van der Waals surface area contributed by atoms with Gasteiger partial charge in [0.05, 0.1) is 5.52 Å². The topological polar surface area (TPSA) is 34.6 Å². The summed E-state index contributed by atoms with van der Waals surface area (Å²) in [6, 6.07) is 14.6. The highest BCUT2D eigenvalue weighted by Crippen LogP contribution is 2.33. The van der Waals surface area contributed by atoms with Crippen LogP contribution in [0, 0.1) is 0 Å². The highest BCUT2D eigenvalue weighted by atomic mass is 35.5. The lowest BCUT2D eigenvalue weighted by Gasteiger charge is -2.21. The number of aromatic nitrogens is 1. The number of hydrogen-bond donors (Lipinski definition) is 0. The minimum atomic E-state index is 0.299. The van der Waals surface area contributed by atoms with E-state index in [9.17, 15) is 0 Å². The summed E-state index contributed by atoms with van der Waals surface area (Å²) < 4.78 is 10.9. The number of hydrogen-bond acceptors (Lipinski definition) is 5. The van der Waals surface area contributed by atoms with Crippen LogP contribution >= 0.6 is 23.4 Å². The summed E-state index contributed by atoms with van der Waals surface area (Å²) in [7, 11) is 0. The maximum atomic E-state index is 6.50. The molecule has 0 N–H and O–H groups in total. The van der Waals surface area contributed by atoms with Gasteiger partial charge in [0, 0.05) is 28.9 Å². The molecule has 0 atom stereocenters. The van der Waals surface area contributed by atoms with E-state index in [1.54, 1.807) is 11.8 Å². The molecule has 0 radical (unpaired) electrons. The van der Waals surface area contributed by atoms with Crippen molar-refractivity contribution in [2.45, 2.75) is 24.9 Å². The minimum absolute atomic E-state index is 0.299. The molecule has 140 valence electrons. The van der Waals surface area contributed by atoms with Gasteiger partial charge in [-0.15, -0.1) is 11.8 Å². The van der Waals surface area contributed by atoms with Crippen LogP contribution in [-0.2, 0) is 13.1 Å². The van der Waals surface area contributed by atoms with Crippen LogP contribution in [0.15, 0.2) is 47.4 Å². The van der Waals surface area contributed by atoms with Crippen LogP contribution in [-0.4, -0.2) is 29.5 Å². The average Bonchev–Trinajstić information content (AvgIpc) is 3.15. The second-order valence-corrected chi connectivity index (χ2v) is 7.73. The zero-order valence-corrected chi connectivity index (χ0v) is 16.9. The Morgan fingerprint density at radius 1 is 1.07 bits per heavy atom. The quantitative estimate of drug-likeness (QED) is 0.411. The fraction of sp³-hybridized carbons (Fsp3) is 0.286. The molecule has 4 rings (SSSR count). The van der Waals surface area contributed by atoms with E-state index in [4.69, 9.17) is 21.1 Å². The van der Waals surface area contributed by atoms with Gasteiger partial charge < -0.3 is 9.47 Å². The van der Waals surface area contributed by atoms with Crippen LogP contribution in [0.1, 0.15) is 18.1 Å². The largest absolute Gasteiger partial charge is 0.454 e. The number of thioether (sulfide) groups is 1. The second-order valence-electron chi connectivity index (χ2n) is 6.49. The SMILES string of the molecule is CCN(Cc1ccc2c(c1)OCO2)Cc1cc2ccc(SC)cc2nc1Cl. The Kier molecular flexibility index (Phi) is 5.43. The van der Waals surface area contributed by atoms with Crippen LogP contribution in [0.4, 0.5) is 0 Å². The summed E-state index contributed by atoms with van der Waals surface area (Å²) in [5, 5.41) is 1.69. The van der Waals surface area contributed by atoms with Crippen LogP contribution in [0.2, 0.25) is 5.15 Å². The van der Waals surface area contributed by atoms with Crippen molar-refractivity contribution in [1.29, 1.82) is 0 Å². The molecule has 3 aromatic rings. The first-order valence-corrected chi connectivity index (χ1v) is 10.5. The standard InChI is InChI=1S/C21H21ClN2O2S/c1-3-24(11-14-4-7-19-20(8-14)26-13-25-19)12-16-9-15-5-6-17(27-2)10-18(15)23-21(16)22/h4-10H,3,11-13H2,1-2H3. The van der Waals surface area contributed by atoms with Crippen molar-refractivity contribution in [2.75, 3.05) is 19.6 Å². The second kappa shape index (κ2) is 7.97. The molecule has 4 nitrogen and oxygen atoms in total. The number of benzene rings is 2. The third-order valence-electron chi connectivity index (χ3n) is 4.74. The number of rotatable bonds is 6. The molecule has 0 amide bonds. The van der Waals surface area contributed by atoms with E-state index < -0.39 is 0 Å². The van der Waals surface area contributed by atoms with Gasteiger partial charge in [0.25, 0.3) is 0 Å². The first-order valence-electron chi connectivity index (χ1n) is 8.90. The summed E-state index contributed by atoms with van der Waals surface area (Å²) in [6.45, 7) is 4.92. The van der Waals surface area contributed by atoms with Crippen molar-refractivity contribution >= 4 is 34.3 Å². The summed E-state index contributed by atoms with van der Waals surface area (Å²) in [5.41, 5.74) is 3.17. The predicted molar refractivity (Wildman–Crippen MR) is 111 cm³/mol. The Morgan fingerprint density at radius 2 is 1.93 bits per heavy atom. The van der Waals surface area contributed by atoms with Gasteiger partial charge in [-0.2, -0.15) is 0 Å². The molecule has 1 aliphatic heterocycles. The van der Waals surface area contributed by atoms with Gasteiger partial charge in [0.1, 0.15) is 5.15 Å². The van der Waals surface area contributed by atoms with Crippen molar-refractivity contribution in [3.05, 3.63) is 58.7 Å². The zero-order chi connectivity index (χ0) is 18.8. The Hall–Kier alpha value is -1.95. The van der Waals surface area contributed by atoms with E-state index in [0.717, 1.165) is 47.6 Å². The summed E-state index contributed by atoms with van der Waals surface area (Å²) in [4.78, 5) is 8.14. The zero-order valence-electron chi connectivity index (χ0n) is 15.4. The fourth-order valence-electron chi connectivity index (χ4n) is 3.22. The Balaban J connectivity index is 1.55. The molecule has 0 spiro atoms. The molecule has 1 aliphatic rings. The van der Waals surface area contributed by atoms with E-state index in [-0.39, 0.29) is 0 Å². The molecule has 0 bridgehead atoms. The molecule has 2 heterocycles. The molecule has 1 aromatic heterocycles. The third kappa shape index (κ3) is 4.00. The van der Waals surface area contributed by atoms with E-state index in [2.05, 4.69) is 59.5 Å². The molecular formula is C21H21ClN2O2S. The van der Waals surface area contributed by atoms with Crippen molar-refractivity contribution in [2.24, 2.45) is 0 Å². The van der Waals surface area contributed by atoms with Crippen LogP contribution in [0.3, 0.4) is 0 Å². The summed E-state index contributed by atoms with van der Waals surface area (Å²) >= 11 is 8.21. The van der Waals surface area contributed by atoms with E-state index >= 15 is 0 Å². The number of pyridine rings is 1. The van der Waals surface area contributed by atoms with Gasteiger partial charge in [0.15, 0.2) is 11.5 Å². The summed E-state index contributed by atoms with van der Waals surface area (Å²) in [5.74, 6) is 1.63. The van der Waals surface area contributed by atoms with Crippen LogP contribution in [0.25, 0.3) is 10.9 Å². The third-order valence-corrected chi connectivity index (χ3v) is 5.79. The van der Waals surface area contributed by atoms with E-state index in [1.165, 1.54) is 10.5 Å². The van der Waals surface area contributed by atoms with Gasteiger partial charge in [-0.3, -0.25) is 4.90 Å². The highest BCUT2D eigenvalue weighted by molar-refractivity contribution is 7.98. The normalized spacial score (nSPS) is 12.9. The van der Waals surface area contributed by atoms with Gasteiger partial charge in [0.2, 0.25) is 6.79 Å². The molecule has 0 unspecified atom stereocenters. The van der Waals surface area contributed by atoms with E-state index in [0.29, 0.717) is 11.9 Å². The van der Waals surface area contributed by atoms with Crippen LogP contribution in [0.5, 0.6) is 11.5 Å². The number of ether oxygens (including phenoxy) is 2. The lowest BCUT2D eigenvalue weighted by molar-refractivity contribution is 0.174. The molecule has 0 aliphatic carbocycles. The monoisotopic (exact) mass is 400 g/mol. The van der Waals surface area contributed by atoms with Crippen molar-refractivity contribution in [3.63, 3.8) is 0 Å². The van der Waals surface area contributed by atoms with Gasteiger partial charge in [-0.1, -0.05) is 30.7 Å². The van der Waals surface area contributed by atoms with E-state index in [1.807, 2.05) is 6.07 Å². The lowest BCUT2D eigenvalue weighted by atomic mass is 10.1. The molecule has 0 saturated carbocycles.